The third-order valence-electron chi connectivity index (χ3n) is 4.75. The van der Waals surface area contributed by atoms with Crippen molar-refractivity contribution in [1.29, 1.82) is 0 Å². The van der Waals surface area contributed by atoms with Crippen molar-refractivity contribution in [2.24, 2.45) is 0 Å². The SMILES string of the molecule is CCN(Cc1ccccn1)C(=O)N[C@H]1CCc2cnn(C(C)C)c2C1. The maximum absolute atomic E-state index is 12.7. The summed E-state index contributed by atoms with van der Waals surface area (Å²) < 4.78 is 2.08. The van der Waals surface area contributed by atoms with Gasteiger partial charge in [0.2, 0.25) is 0 Å². The average Bonchev–Trinajstić information content (AvgIpc) is 3.04. The van der Waals surface area contributed by atoms with Crippen LogP contribution in [0.1, 0.15) is 50.2 Å². The van der Waals surface area contributed by atoms with Gasteiger partial charge in [0.1, 0.15) is 0 Å². The van der Waals surface area contributed by atoms with Gasteiger partial charge in [-0.25, -0.2) is 4.79 Å². The molecule has 1 aliphatic rings. The molecular weight excluding hydrogens is 314 g/mol. The van der Waals surface area contributed by atoms with Crippen LogP contribution in [0.25, 0.3) is 0 Å². The summed E-state index contributed by atoms with van der Waals surface area (Å²) in [6.45, 7) is 7.47. The van der Waals surface area contributed by atoms with Gasteiger partial charge in [0.25, 0.3) is 0 Å². The highest BCUT2D eigenvalue weighted by molar-refractivity contribution is 5.74. The highest BCUT2D eigenvalue weighted by Crippen LogP contribution is 2.23. The molecule has 3 rings (SSSR count). The van der Waals surface area contributed by atoms with Gasteiger partial charge in [-0.1, -0.05) is 6.07 Å². The van der Waals surface area contributed by atoms with Crippen LogP contribution < -0.4 is 5.32 Å². The fourth-order valence-electron chi connectivity index (χ4n) is 3.37. The quantitative estimate of drug-likeness (QED) is 0.909. The lowest BCUT2D eigenvalue weighted by molar-refractivity contribution is 0.191. The fourth-order valence-corrected chi connectivity index (χ4v) is 3.37. The smallest absolute Gasteiger partial charge is 0.317 e. The summed E-state index contributed by atoms with van der Waals surface area (Å²) >= 11 is 0. The third-order valence-corrected chi connectivity index (χ3v) is 4.75. The molecular formula is C19H27N5O. The zero-order chi connectivity index (χ0) is 17.8. The minimum absolute atomic E-state index is 0.0165. The van der Waals surface area contributed by atoms with Crippen LogP contribution in [0.4, 0.5) is 4.79 Å². The normalized spacial score (nSPS) is 16.6. The lowest BCUT2D eigenvalue weighted by atomic mass is 9.93. The van der Waals surface area contributed by atoms with Crippen molar-refractivity contribution in [1.82, 2.24) is 25.0 Å². The van der Waals surface area contributed by atoms with Crippen molar-refractivity contribution in [3.05, 3.63) is 47.5 Å². The second-order valence-electron chi connectivity index (χ2n) is 6.88. The molecule has 0 saturated carbocycles. The molecule has 0 saturated heterocycles. The first-order valence-electron chi connectivity index (χ1n) is 9.09. The largest absolute Gasteiger partial charge is 0.335 e. The van der Waals surface area contributed by atoms with Crippen LogP contribution in [0.5, 0.6) is 0 Å². The van der Waals surface area contributed by atoms with E-state index in [1.54, 1.807) is 11.1 Å². The number of aryl methyl sites for hydroxylation is 1. The molecule has 1 N–H and O–H groups in total. The molecule has 0 spiro atoms. The van der Waals surface area contributed by atoms with Gasteiger partial charge < -0.3 is 10.2 Å². The molecule has 0 radical (unpaired) electrons. The number of nitrogens with zero attached hydrogens (tertiary/aromatic N) is 4. The molecule has 2 aromatic heterocycles. The van der Waals surface area contributed by atoms with Crippen LogP contribution in [0, 0.1) is 0 Å². The summed E-state index contributed by atoms with van der Waals surface area (Å²) in [5.41, 5.74) is 3.49. The van der Waals surface area contributed by atoms with E-state index in [4.69, 9.17) is 0 Å². The predicted octanol–water partition coefficient (Wildman–Crippen LogP) is 2.95. The van der Waals surface area contributed by atoms with Crippen LogP contribution in [0.3, 0.4) is 0 Å². The first kappa shape index (κ1) is 17.5. The third kappa shape index (κ3) is 4.00. The zero-order valence-electron chi connectivity index (χ0n) is 15.3. The van der Waals surface area contributed by atoms with E-state index >= 15 is 0 Å². The van der Waals surface area contributed by atoms with Gasteiger partial charge in [0, 0.05) is 36.9 Å². The van der Waals surface area contributed by atoms with Gasteiger partial charge in [-0.05, 0) is 51.3 Å². The molecule has 0 aromatic carbocycles. The Morgan fingerprint density at radius 2 is 2.28 bits per heavy atom. The maximum Gasteiger partial charge on any atom is 0.317 e. The Bertz CT molecular complexity index is 710. The maximum atomic E-state index is 12.7. The highest BCUT2D eigenvalue weighted by atomic mass is 16.2. The molecule has 6 heteroatoms. The summed E-state index contributed by atoms with van der Waals surface area (Å²) in [7, 11) is 0. The summed E-state index contributed by atoms with van der Waals surface area (Å²) in [6.07, 6.45) is 6.52. The Morgan fingerprint density at radius 3 is 2.96 bits per heavy atom. The molecule has 2 aromatic rings. The minimum atomic E-state index is -0.0165. The van der Waals surface area contributed by atoms with Crippen molar-refractivity contribution >= 4 is 6.03 Å². The lowest BCUT2D eigenvalue weighted by Crippen LogP contribution is -2.46. The van der Waals surface area contributed by atoms with Gasteiger partial charge in [0.05, 0.1) is 18.4 Å². The van der Waals surface area contributed by atoms with Gasteiger partial charge in [-0.15, -0.1) is 0 Å². The Balaban J connectivity index is 1.63. The fraction of sp³-hybridized carbons (Fsp3) is 0.526. The molecule has 0 fully saturated rings. The molecule has 6 nitrogen and oxygen atoms in total. The number of pyridine rings is 1. The molecule has 2 heterocycles. The van der Waals surface area contributed by atoms with Crippen LogP contribution in [0.15, 0.2) is 30.6 Å². The van der Waals surface area contributed by atoms with Crippen molar-refractivity contribution in [2.75, 3.05) is 6.54 Å². The number of amides is 2. The van der Waals surface area contributed by atoms with E-state index in [0.717, 1.165) is 25.0 Å². The summed E-state index contributed by atoms with van der Waals surface area (Å²) in [6, 6.07) is 6.27. The average molecular weight is 341 g/mol. The molecule has 0 aliphatic heterocycles. The number of rotatable bonds is 5. The minimum Gasteiger partial charge on any atom is -0.335 e. The van der Waals surface area contributed by atoms with Gasteiger partial charge >= 0.3 is 6.03 Å². The number of carbonyl (C=O) groups excluding carboxylic acids is 1. The summed E-state index contributed by atoms with van der Waals surface area (Å²) in [4.78, 5) is 18.8. The Hall–Kier alpha value is -2.37. The Labute approximate surface area is 149 Å². The number of aromatic nitrogens is 3. The van der Waals surface area contributed by atoms with E-state index in [0.29, 0.717) is 19.1 Å². The number of nitrogens with one attached hydrogen (secondary N) is 1. The van der Waals surface area contributed by atoms with Crippen molar-refractivity contribution in [3.63, 3.8) is 0 Å². The standard InChI is InChI=1S/C19H27N5O/c1-4-23(13-17-7-5-6-10-20-17)19(25)22-16-9-8-15-12-21-24(14(2)3)18(15)11-16/h5-7,10,12,14,16H,4,8-9,11,13H2,1-3H3,(H,22,25)/t16-/m0/s1. The Kier molecular flexibility index (Phi) is 5.36. The van der Waals surface area contributed by atoms with E-state index in [2.05, 4.69) is 33.9 Å². The first-order valence-corrected chi connectivity index (χ1v) is 9.09. The molecule has 0 unspecified atom stereocenters. The molecule has 25 heavy (non-hydrogen) atoms. The summed E-state index contributed by atoms with van der Waals surface area (Å²) in [5, 5.41) is 7.71. The number of hydrogen-bond donors (Lipinski definition) is 1. The monoisotopic (exact) mass is 341 g/mol. The van der Waals surface area contributed by atoms with Crippen LogP contribution in [0.2, 0.25) is 0 Å². The van der Waals surface area contributed by atoms with Crippen LogP contribution in [-0.2, 0) is 19.4 Å². The van der Waals surface area contributed by atoms with Crippen LogP contribution >= 0.6 is 0 Å². The van der Waals surface area contributed by atoms with E-state index in [-0.39, 0.29) is 12.1 Å². The number of carbonyl (C=O) groups is 1. The molecule has 1 aliphatic carbocycles. The first-order chi connectivity index (χ1) is 12.1. The number of fused-ring (bicyclic) bond motifs is 1. The second-order valence-corrected chi connectivity index (χ2v) is 6.88. The molecule has 1 atom stereocenters. The van der Waals surface area contributed by atoms with E-state index < -0.39 is 0 Å². The highest BCUT2D eigenvalue weighted by Gasteiger charge is 2.26. The van der Waals surface area contributed by atoms with Gasteiger partial charge in [-0.3, -0.25) is 9.67 Å². The number of hydrogen-bond acceptors (Lipinski definition) is 3. The molecule has 134 valence electrons. The van der Waals surface area contributed by atoms with Crippen molar-refractivity contribution in [3.8, 4) is 0 Å². The van der Waals surface area contributed by atoms with Crippen molar-refractivity contribution < 1.29 is 4.79 Å². The lowest BCUT2D eigenvalue weighted by Gasteiger charge is -2.28. The van der Waals surface area contributed by atoms with E-state index in [9.17, 15) is 4.79 Å². The Morgan fingerprint density at radius 1 is 1.44 bits per heavy atom. The second kappa shape index (κ2) is 7.68. The number of urea groups is 1. The van der Waals surface area contributed by atoms with E-state index in [1.807, 2.05) is 31.3 Å². The molecule has 2 amide bonds. The molecule has 0 bridgehead atoms. The summed E-state index contributed by atoms with van der Waals surface area (Å²) in [5.74, 6) is 0. The predicted molar refractivity (Wildman–Crippen MR) is 97.3 cm³/mol. The van der Waals surface area contributed by atoms with Gasteiger partial charge in [0.15, 0.2) is 0 Å². The van der Waals surface area contributed by atoms with Crippen molar-refractivity contribution in [2.45, 2.75) is 58.7 Å². The van der Waals surface area contributed by atoms with Crippen LogP contribution in [-0.4, -0.2) is 38.3 Å². The topological polar surface area (TPSA) is 63.1 Å². The zero-order valence-corrected chi connectivity index (χ0v) is 15.3. The van der Waals surface area contributed by atoms with Gasteiger partial charge in [-0.2, -0.15) is 5.10 Å². The van der Waals surface area contributed by atoms with E-state index in [1.165, 1.54) is 11.3 Å².